The van der Waals surface area contributed by atoms with Crippen LogP contribution in [0.25, 0.3) is 0 Å². The quantitative estimate of drug-likeness (QED) is 0.352. The molecule has 3 heteroatoms. The van der Waals surface area contributed by atoms with Gasteiger partial charge in [0.1, 0.15) is 0 Å². The van der Waals surface area contributed by atoms with Crippen molar-refractivity contribution in [1.82, 2.24) is 0 Å². The van der Waals surface area contributed by atoms with Gasteiger partial charge in [0.2, 0.25) is 0 Å². The summed E-state index contributed by atoms with van der Waals surface area (Å²) >= 11 is 3.97. The van der Waals surface area contributed by atoms with Gasteiger partial charge < -0.3 is 10.2 Å². The predicted molar refractivity (Wildman–Crippen MR) is 82.3 cm³/mol. The van der Waals surface area contributed by atoms with E-state index in [-0.39, 0.29) is 0 Å². The third kappa shape index (κ3) is 11.4. The summed E-state index contributed by atoms with van der Waals surface area (Å²) in [5, 5.41) is 18.9. The number of rotatable bonds is 13. The van der Waals surface area contributed by atoms with Crippen molar-refractivity contribution in [3.05, 3.63) is 0 Å². The monoisotopic (exact) mass is 276 g/mol. The first kappa shape index (κ1) is 18.3. The Morgan fingerprint density at radius 3 is 1.61 bits per heavy atom. The minimum atomic E-state index is -0.660. The average Bonchev–Trinajstić information content (AvgIpc) is 2.39. The van der Waals surface area contributed by atoms with E-state index in [1.165, 1.54) is 57.8 Å². The Labute approximate surface area is 119 Å². The van der Waals surface area contributed by atoms with E-state index in [1.807, 2.05) is 0 Å². The van der Waals surface area contributed by atoms with Crippen molar-refractivity contribution in [2.75, 3.05) is 5.75 Å². The first-order chi connectivity index (χ1) is 8.72. The van der Waals surface area contributed by atoms with E-state index in [4.69, 9.17) is 0 Å². The molecule has 2 nitrogen and oxygen atoms in total. The molecular formula is C15H32O2S. The topological polar surface area (TPSA) is 40.5 Å². The third-order valence-electron chi connectivity index (χ3n) is 3.48. The SMILES string of the molecule is CCCCCCCCCCCC[C@@H](O)[C@H](O)CS. The largest absolute Gasteiger partial charge is 0.390 e. The van der Waals surface area contributed by atoms with Crippen LogP contribution >= 0.6 is 12.6 Å². The summed E-state index contributed by atoms with van der Waals surface area (Å²) < 4.78 is 0. The van der Waals surface area contributed by atoms with Gasteiger partial charge in [-0.15, -0.1) is 0 Å². The number of unbranched alkanes of at least 4 members (excludes halogenated alkanes) is 9. The first-order valence-corrected chi connectivity index (χ1v) is 8.32. The minimum Gasteiger partial charge on any atom is -0.390 e. The molecule has 0 spiro atoms. The summed E-state index contributed by atoms with van der Waals surface area (Å²) in [6, 6.07) is 0. The van der Waals surface area contributed by atoms with Crippen LogP contribution in [0.2, 0.25) is 0 Å². The fourth-order valence-electron chi connectivity index (χ4n) is 2.15. The lowest BCUT2D eigenvalue weighted by atomic mass is 10.0. The zero-order valence-corrected chi connectivity index (χ0v) is 12.9. The lowest BCUT2D eigenvalue weighted by molar-refractivity contribution is 0.0277. The van der Waals surface area contributed by atoms with Crippen LogP contribution < -0.4 is 0 Å². The van der Waals surface area contributed by atoms with Crippen LogP contribution in [0, 0.1) is 0 Å². The van der Waals surface area contributed by atoms with Gasteiger partial charge in [0.25, 0.3) is 0 Å². The van der Waals surface area contributed by atoms with Crippen LogP contribution in [0.1, 0.15) is 77.6 Å². The van der Waals surface area contributed by atoms with E-state index in [2.05, 4.69) is 19.6 Å². The molecule has 0 rings (SSSR count). The normalized spacial score (nSPS) is 14.7. The first-order valence-electron chi connectivity index (χ1n) is 7.69. The van der Waals surface area contributed by atoms with Crippen molar-refractivity contribution in [3.63, 3.8) is 0 Å². The zero-order valence-electron chi connectivity index (χ0n) is 12.0. The van der Waals surface area contributed by atoms with Crippen molar-refractivity contribution in [3.8, 4) is 0 Å². The van der Waals surface area contributed by atoms with Gasteiger partial charge in [-0.3, -0.25) is 0 Å². The maximum Gasteiger partial charge on any atom is 0.0886 e. The highest BCUT2D eigenvalue weighted by Gasteiger charge is 2.13. The second-order valence-electron chi connectivity index (χ2n) is 5.29. The molecule has 0 fully saturated rings. The van der Waals surface area contributed by atoms with E-state index in [1.54, 1.807) is 0 Å². The van der Waals surface area contributed by atoms with Crippen molar-refractivity contribution in [2.24, 2.45) is 0 Å². The number of hydrogen-bond acceptors (Lipinski definition) is 3. The fraction of sp³-hybridized carbons (Fsp3) is 1.00. The second kappa shape index (κ2) is 13.7. The Bertz CT molecular complexity index is 165. The Hall–Kier alpha value is 0.270. The van der Waals surface area contributed by atoms with Crippen LogP contribution in [0.5, 0.6) is 0 Å². The van der Waals surface area contributed by atoms with Crippen LogP contribution in [0.4, 0.5) is 0 Å². The molecule has 0 amide bonds. The maximum atomic E-state index is 9.54. The summed E-state index contributed by atoms with van der Waals surface area (Å²) in [4.78, 5) is 0. The average molecular weight is 276 g/mol. The molecule has 0 aliphatic heterocycles. The standard InChI is InChI=1S/C15H32O2S/c1-2-3-4-5-6-7-8-9-10-11-12-14(16)15(17)13-18/h14-18H,2-13H2,1H3/t14-,15-/m1/s1. The van der Waals surface area contributed by atoms with Gasteiger partial charge in [-0.2, -0.15) is 12.6 Å². The van der Waals surface area contributed by atoms with Crippen LogP contribution in [-0.2, 0) is 0 Å². The number of thiol groups is 1. The van der Waals surface area contributed by atoms with E-state index in [0.717, 1.165) is 6.42 Å². The van der Waals surface area contributed by atoms with Gasteiger partial charge in [-0.25, -0.2) is 0 Å². The van der Waals surface area contributed by atoms with E-state index in [9.17, 15) is 10.2 Å². The molecular weight excluding hydrogens is 244 g/mol. The van der Waals surface area contributed by atoms with Gasteiger partial charge in [0, 0.05) is 5.75 Å². The summed E-state index contributed by atoms with van der Waals surface area (Å²) in [6.45, 7) is 2.25. The highest BCUT2D eigenvalue weighted by atomic mass is 32.1. The molecule has 0 unspecified atom stereocenters. The molecule has 0 bridgehead atoms. The molecule has 18 heavy (non-hydrogen) atoms. The summed E-state index contributed by atoms with van der Waals surface area (Å²) in [6.07, 6.45) is 12.4. The summed E-state index contributed by atoms with van der Waals surface area (Å²) in [7, 11) is 0. The van der Waals surface area contributed by atoms with Crippen molar-refractivity contribution >= 4 is 12.6 Å². The van der Waals surface area contributed by atoms with E-state index in [0.29, 0.717) is 12.2 Å². The van der Waals surface area contributed by atoms with Crippen LogP contribution in [-0.4, -0.2) is 28.2 Å². The highest BCUT2D eigenvalue weighted by molar-refractivity contribution is 7.80. The predicted octanol–water partition coefficient (Wildman–Crippen LogP) is 3.95. The molecule has 2 atom stereocenters. The Kier molecular flexibility index (Phi) is 13.9. The molecule has 0 saturated heterocycles. The number of hydrogen-bond donors (Lipinski definition) is 3. The van der Waals surface area contributed by atoms with Crippen molar-refractivity contribution < 1.29 is 10.2 Å². The molecule has 0 heterocycles. The maximum absolute atomic E-state index is 9.54. The lowest BCUT2D eigenvalue weighted by Gasteiger charge is -2.15. The van der Waals surface area contributed by atoms with E-state index >= 15 is 0 Å². The third-order valence-corrected chi connectivity index (χ3v) is 3.86. The molecule has 0 aromatic heterocycles. The van der Waals surface area contributed by atoms with Crippen molar-refractivity contribution in [2.45, 2.75) is 89.8 Å². The molecule has 0 aliphatic carbocycles. The van der Waals surface area contributed by atoms with Crippen LogP contribution in [0.15, 0.2) is 0 Å². The molecule has 0 saturated carbocycles. The van der Waals surface area contributed by atoms with Gasteiger partial charge in [-0.1, -0.05) is 71.1 Å². The van der Waals surface area contributed by atoms with Crippen LogP contribution in [0.3, 0.4) is 0 Å². The number of aliphatic hydroxyl groups excluding tert-OH is 2. The summed E-state index contributed by atoms with van der Waals surface area (Å²) in [5.41, 5.74) is 0. The highest BCUT2D eigenvalue weighted by Crippen LogP contribution is 2.13. The van der Waals surface area contributed by atoms with Gasteiger partial charge in [0.15, 0.2) is 0 Å². The summed E-state index contributed by atoms with van der Waals surface area (Å²) in [5.74, 6) is 0.346. The fourth-order valence-corrected chi connectivity index (χ4v) is 2.40. The Balaban J connectivity index is 3.11. The van der Waals surface area contributed by atoms with Gasteiger partial charge >= 0.3 is 0 Å². The van der Waals surface area contributed by atoms with Crippen molar-refractivity contribution in [1.29, 1.82) is 0 Å². The molecule has 110 valence electrons. The smallest absolute Gasteiger partial charge is 0.0886 e. The molecule has 0 aromatic rings. The van der Waals surface area contributed by atoms with Gasteiger partial charge in [-0.05, 0) is 6.42 Å². The Morgan fingerprint density at radius 2 is 1.17 bits per heavy atom. The number of aliphatic hydroxyl groups is 2. The molecule has 2 N–H and O–H groups in total. The molecule has 0 aromatic carbocycles. The van der Waals surface area contributed by atoms with E-state index < -0.39 is 12.2 Å². The minimum absolute atomic E-state index is 0.346. The molecule has 0 aliphatic rings. The Morgan fingerprint density at radius 1 is 0.722 bits per heavy atom. The molecule has 0 radical (unpaired) electrons. The van der Waals surface area contributed by atoms with Gasteiger partial charge in [0.05, 0.1) is 12.2 Å². The lowest BCUT2D eigenvalue weighted by Crippen LogP contribution is -2.27. The second-order valence-corrected chi connectivity index (χ2v) is 5.65. The zero-order chi connectivity index (χ0) is 13.6.